The van der Waals surface area contributed by atoms with Crippen molar-refractivity contribution >= 4 is 11.9 Å². The van der Waals surface area contributed by atoms with E-state index in [1.165, 1.54) is 5.56 Å². The molecule has 0 aliphatic heterocycles. The fourth-order valence-electron chi connectivity index (χ4n) is 1.04. The minimum atomic E-state index is 0.319. The van der Waals surface area contributed by atoms with Crippen LogP contribution in [0.1, 0.15) is 38.8 Å². The number of benzene rings is 1. The number of aryl methyl sites for hydroxylation is 1. The molecule has 0 bridgehead atoms. The molecule has 0 saturated heterocycles. The summed E-state index contributed by atoms with van der Waals surface area (Å²) >= 11 is 0. The quantitative estimate of drug-likeness (QED) is 0.584. The molecule has 0 heterocycles. The van der Waals surface area contributed by atoms with Crippen LogP contribution >= 0.6 is 0 Å². The van der Waals surface area contributed by atoms with Gasteiger partial charge < -0.3 is 5.73 Å². The molecular formula is C13H22N2. The van der Waals surface area contributed by atoms with Crippen LogP contribution in [0.15, 0.2) is 23.2 Å². The molecule has 15 heavy (non-hydrogen) atoms. The smallest absolute Gasteiger partial charge is 0.0443 e. The van der Waals surface area contributed by atoms with Crippen molar-refractivity contribution in [3.05, 3.63) is 29.3 Å². The first-order valence-electron chi connectivity index (χ1n) is 5.49. The molecule has 1 aromatic carbocycles. The highest BCUT2D eigenvalue weighted by Crippen LogP contribution is 2.11. The van der Waals surface area contributed by atoms with Crippen molar-refractivity contribution in [1.29, 1.82) is 0 Å². The Hall–Kier alpha value is -1.31. The fourth-order valence-corrected chi connectivity index (χ4v) is 1.04. The zero-order chi connectivity index (χ0) is 11.8. The van der Waals surface area contributed by atoms with E-state index in [0.717, 1.165) is 11.3 Å². The van der Waals surface area contributed by atoms with Crippen LogP contribution in [-0.4, -0.2) is 12.3 Å². The summed E-state index contributed by atoms with van der Waals surface area (Å²) in [5.41, 5.74) is 8.79. The van der Waals surface area contributed by atoms with E-state index < -0.39 is 0 Å². The van der Waals surface area contributed by atoms with Crippen LogP contribution < -0.4 is 5.73 Å². The Bertz CT molecular complexity index is 314. The molecule has 0 saturated carbocycles. The lowest BCUT2D eigenvalue weighted by atomic mass is 10.1. The minimum Gasteiger partial charge on any atom is -0.398 e. The highest BCUT2D eigenvalue weighted by atomic mass is 14.7. The molecule has 0 spiro atoms. The highest BCUT2D eigenvalue weighted by molar-refractivity contribution is 5.87. The van der Waals surface area contributed by atoms with Crippen LogP contribution in [0.2, 0.25) is 0 Å². The van der Waals surface area contributed by atoms with Crippen LogP contribution in [-0.2, 0) is 0 Å². The van der Waals surface area contributed by atoms with E-state index in [1.54, 1.807) is 0 Å². The maximum absolute atomic E-state index is 5.78. The minimum absolute atomic E-state index is 0.319. The van der Waals surface area contributed by atoms with Crippen molar-refractivity contribution in [1.82, 2.24) is 0 Å². The summed E-state index contributed by atoms with van der Waals surface area (Å²) < 4.78 is 0. The Labute approximate surface area is 93.2 Å². The number of hydrogen-bond donors (Lipinski definition) is 1. The molecule has 2 heteroatoms. The number of hydrogen-bond acceptors (Lipinski definition) is 2. The van der Waals surface area contributed by atoms with Gasteiger partial charge in [-0.15, -0.1) is 0 Å². The second-order valence-electron chi connectivity index (χ2n) is 3.50. The van der Waals surface area contributed by atoms with Crippen LogP contribution in [0, 0.1) is 6.92 Å². The van der Waals surface area contributed by atoms with Gasteiger partial charge in [0, 0.05) is 23.5 Å². The van der Waals surface area contributed by atoms with E-state index in [2.05, 4.69) is 4.99 Å². The molecule has 2 N–H and O–H groups in total. The monoisotopic (exact) mass is 206 g/mol. The Balaban J connectivity index is 0.000000921. The maximum atomic E-state index is 5.78. The predicted molar refractivity (Wildman–Crippen MR) is 69.7 cm³/mol. The van der Waals surface area contributed by atoms with Gasteiger partial charge >= 0.3 is 0 Å². The van der Waals surface area contributed by atoms with Gasteiger partial charge in [-0.25, -0.2) is 0 Å². The van der Waals surface area contributed by atoms with E-state index >= 15 is 0 Å². The van der Waals surface area contributed by atoms with Crippen molar-refractivity contribution in [2.75, 3.05) is 5.73 Å². The second kappa shape index (κ2) is 7.04. The lowest BCUT2D eigenvalue weighted by Gasteiger charge is -2.01. The van der Waals surface area contributed by atoms with Gasteiger partial charge in [-0.3, -0.25) is 4.99 Å². The van der Waals surface area contributed by atoms with Crippen molar-refractivity contribution < 1.29 is 0 Å². The predicted octanol–water partition coefficient (Wildman–Crippen LogP) is 3.43. The molecule has 0 aliphatic rings. The second-order valence-corrected chi connectivity index (χ2v) is 3.50. The van der Waals surface area contributed by atoms with Crippen molar-refractivity contribution in [3.63, 3.8) is 0 Å². The molecule has 1 aromatic rings. The highest BCUT2D eigenvalue weighted by Gasteiger charge is 1.95. The SMILES string of the molecule is CC.Cc1ccc(N)c(C=NC(C)C)c1. The van der Waals surface area contributed by atoms with E-state index in [9.17, 15) is 0 Å². The lowest BCUT2D eigenvalue weighted by Crippen LogP contribution is -1.96. The fraction of sp³-hybridized carbons (Fsp3) is 0.462. The number of anilines is 1. The number of aliphatic imine (C=N–C) groups is 1. The lowest BCUT2D eigenvalue weighted by molar-refractivity contribution is 0.841. The van der Waals surface area contributed by atoms with Gasteiger partial charge in [0.1, 0.15) is 0 Å². The molecule has 84 valence electrons. The van der Waals surface area contributed by atoms with E-state index in [0.29, 0.717) is 6.04 Å². The van der Waals surface area contributed by atoms with Gasteiger partial charge in [-0.05, 0) is 32.9 Å². The van der Waals surface area contributed by atoms with Crippen LogP contribution in [0.3, 0.4) is 0 Å². The summed E-state index contributed by atoms with van der Waals surface area (Å²) in [4.78, 5) is 4.29. The third-order valence-electron chi connectivity index (χ3n) is 1.75. The molecule has 0 radical (unpaired) electrons. The zero-order valence-corrected chi connectivity index (χ0v) is 10.4. The Kier molecular flexibility index (Phi) is 6.43. The Morgan fingerprint density at radius 1 is 1.27 bits per heavy atom. The van der Waals surface area contributed by atoms with Crippen LogP contribution in [0.5, 0.6) is 0 Å². The molecule has 2 nitrogen and oxygen atoms in total. The average Bonchev–Trinajstić information content (AvgIpc) is 2.22. The molecule has 0 atom stereocenters. The van der Waals surface area contributed by atoms with Gasteiger partial charge in [0.2, 0.25) is 0 Å². The molecule has 1 rings (SSSR count). The molecule has 0 aliphatic carbocycles. The standard InChI is InChI=1S/C11H16N2.C2H6/c1-8(2)13-7-10-6-9(3)4-5-11(10)12;1-2/h4-8H,12H2,1-3H3;1-2H3. The van der Waals surface area contributed by atoms with Gasteiger partial charge in [0.15, 0.2) is 0 Å². The summed E-state index contributed by atoms with van der Waals surface area (Å²) in [7, 11) is 0. The summed E-state index contributed by atoms with van der Waals surface area (Å²) in [6.07, 6.45) is 1.84. The van der Waals surface area contributed by atoms with Crippen molar-refractivity contribution in [2.24, 2.45) is 4.99 Å². The third kappa shape index (κ3) is 5.21. The molecule has 0 unspecified atom stereocenters. The zero-order valence-electron chi connectivity index (χ0n) is 10.4. The number of nitrogen functional groups attached to an aromatic ring is 1. The van der Waals surface area contributed by atoms with E-state index in [1.807, 2.05) is 59.0 Å². The van der Waals surface area contributed by atoms with Gasteiger partial charge in [-0.2, -0.15) is 0 Å². The average molecular weight is 206 g/mol. The van der Waals surface area contributed by atoms with Gasteiger partial charge in [0.25, 0.3) is 0 Å². The molecular weight excluding hydrogens is 184 g/mol. The van der Waals surface area contributed by atoms with E-state index in [-0.39, 0.29) is 0 Å². The number of nitrogens with two attached hydrogens (primary N) is 1. The molecule has 0 fully saturated rings. The third-order valence-corrected chi connectivity index (χ3v) is 1.75. The summed E-state index contributed by atoms with van der Waals surface area (Å²) in [5, 5.41) is 0. The first kappa shape index (κ1) is 13.7. The Morgan fingerprint density at radius 2 is 1.87 bits per heavy atom. The van der Waals surface area contributed by atoms with Crippen molar-refractivity contribution in [2.45, 2.75) is 40.7 Å². The van der Waals surface area contributed by atoms with Gasteiger partial charge in [-0.1, -0.05) is 25.5 Å². The topological polar surface area (TPSA) is 38.4 Å². The first-order chi connectivity index (χ1) is 7.09. The first-order valence-corrected chi connectivity index (χ1v) is 5.49. The van der Waals surface area contributed by atoms with Gasteiger partial charge in [0.05, 0.1) is 0 Å². The van der Waals surface area contributed by atoms with E-state index in [4.69, 9.17) is 5.73 Å². The van der Waals surface area contributed by atoms with Crippen LogP contribution in [0.25, 0.3) is 0 Å². The normalized spacial score (nSPS) is 10.3. The number of rotatable bonds is 2. The van der Waals surface area contributed by atoms with Crippen molar-refractivity contribution in [3.8, 4) is 0 Å². The largest absolute Gasteiger partial charge is 0.398 e. The molecule has 0 amide bonds. The summed E-state index contributed by atoms with van der Waals surface area (Å²) in [5.74, 6) is 0. The maximum Gasteiger partial charge on any atom is 0.0443 e. The summed E-state index contributed by atoms with van der Waals surface area (Å²) in [6, 6.07) is 6.28. The van der Waals surface area contributed by atoms with Crippen LogP contribution in [0.4, 0.5) is 5.69 Å². The Morgan fingerprint density at radius 3 is 2.40 bits per heavy atom. The summed E-state index contributed by atoms with van der Waals surface area (Å²) in [6.45, 7) is 10.1. The molecule has 0 aromatic heterocycles. The number of nitrogens with zero attached hydrogens (tertiary/aromatic N) is 1.